The molecule has 13 nitrogen and oxygen atoms in total. The van der Waals surface area contributed by atoms with Gasteiger partial charge in [0.05, 0.1) is 31.2 Å². The molecular formula is C21H29ClN5O8P. The quantitative estimate of drug-likeness (QED) is 0.147. The summed E-state index contributed by atoms with van der Waals surface area (Å²) in [6.45, 7) is -0.0858. The van der Waals surface area contributed by atoms with Gasteiger partial charge < -0.3 is 39.9 Å². The fourth-order valence-electron chi connectivity index (χ4n) is 4.42. The van der Waals surface area contributed by atoms with Crippen molar-refractivity contribution in [2.75, 3.05) is 18.5 Å². The van der Waals surface area contributed by atoms with Crippen molar-refractivity contribution < 1.29 is 39.1 Å². The molecule has 0 aromatic carbocycles. The van der Waals surface area contributed by atoms with Crippen molar-refractivity contribution in [3.8, 4) is 11.8 Å². The summed E-state index contributed by atoms with van der Waals surface area (Å²) in [4.78, 5) is 28.1. The zero-order chi connectivity index (χ0) is 26.1. The van der Waals surface area contributed by atoms with Gasteiger partial charge in [-0.25, -0.2) is 4.68 Å². The molecule has 1 saturated carbocycles. The fourth-order valence-corrected chi connectivity index (χ4v) is 5.30. The van der Waals surface area contributed by atoms with Gasteiger partial charge in [0.15, 0.2) is 11.9 Å². The molecule has 3 heterocycles. The Morgan fingerprint density at radius 1 is 1.31 bits per heavy atom. The second-order valence-corrected chi connectivity index (χ2v) is 11.1. The van der Waals surface area contributed by atoms with Crippen LogP contribution in [0.2, 0.25) is 5.28 Å². The Labute approximate surface area is 212 Å². The van der Waals surface area contributed by atoms with E-state index in [0.717, 1.165) is 25.7 Å². The van der Waals surface area contributed by atoms with Crippen LogP contribution in [0.25, 0.3) is 11.0 Å². The molecule has 1 aliphatic heterocycles. The van der Waals surface area contributed by atoms with Gasteiger partial charge in [-0.3, -0.25) is 4.57 Å². The lowest BCUT2D eigenvalue weighted by Gasteiger charge is -2.32. The van der Waals surface area contributed by atoms with Crippen LogP contribution < -0.4 is 5.32 Å². The molecule has 15 heteroatoms. The van der Waals surface area contributed by atoms with Crippen molar-refractivity contribution in [3.63, 3.8) is 0 Å². The van der Waals surface area contributed by atoms with Gasteiger partial charge in [-0.2, -0.15) is 15.1 Å². The maximum absolute atomic E-state index is 12.1. The Morgan fingerprint density at radius 3 is 2.67 bits per heavy atom. The zero-order valence-corrected chi connectivity index (χ0v) is 21.1. The zero-order valence-electron chi connectivity index (χ0n) is 19.5. The van der Waals surface area contributed by atoms with Crippen molar-refractivity contribution in [2.45, 2.75) is 75.0 Å². The van der Waals surface area contributed by atoms with Crippen molar-refractivity contribution in [3.05, 3.63) is 11.5 Å². The van der Waals surface area contributed by atoms with Gasteiger partial charge in [-0.05, 0) is 31.4 Å². The normalized spacial score (nSPS) is 26.6. The van der Waals surface area contributed by atoms with Crippen LogP contribution in [0.4, 0.5) is 5.82 Å². The molecule has 4 rings (SSSR count). The number of rotatable bonds is 9. The maximum Gasteiger partial charge on any atom is 0.360 e. The lowest BCUT2D eigenvalue weighted by molar-refractivity contribution is -0.108. The first-order valence-corrected chi connectivity index (χ1v) is 13.5. The lowest BCUT2D eigenvalue weighted by atomic mass is 10.1. The number of hydrogen-bond donors (Lipinski definition) is 6. The number of halogens is 1. The Morgan fingerprint density at radius 2 is 2.03 bits per heavy atom. The third kappa shape index (κ3) is 5.24. The van der Waals surface area contributed by atoms with E-state index in [9.17, 15) is 29.7 Å². The van der Waals surface area contributed by atoms with Gasteiger partial charge >= 0.3 is 7.60 Å². The first-order valence-electron chi connectivity index (χ1n) is 11.5. The Bertz CT molecular complexity index is 1190. The van der Waals surface area contributed by atoms with Gasteiger partial charge in [0.1, 0.15) is 24.1 Å². The predicted molar refractivity (Wildman–Crippen MR) is 128 cm³/mol. The van der Waals surface area contributed by atoms with Gasteiger partial charge in [0, 0.05) is 6.04 Å². The summed E-state index contributed by atoms with van der Waals surface area (Å²) in [5, 5.41) is 36.9. The van der Waals surface area contributed by atoms with E-state index >= 15 is 0 Å². The van der Waals surface area contributed by atoms with Crippen LogP contribution in [0.15, 0.2) is 6.20 Å². The smallest absolute Gasteiger partial charge is 0.360 e. The Kier molecular flexibility index (Phi) is 8.21. The molecule has 36 heavy (non-hydrogen) atoms. The summed E-state index contributed by atoms with van der Waals surface area (Å²) in [6, 6.07) is 0.248. The van der Waals surface area contributed by atoms with Crippen LogP contribution in [0, 0.1) is 11.8 Å². The topological polar surface area (TPSA) is 192 Å². The number of ether oxygens (including phenoxy) is 2. The highest BCUT2D eigenvalue weighted by Gasteiger charge is 2.51. The van der Waals surface area contributed by atoms with E-state index in [-0.39, 0.29) is 17.0 Å². The van der Waals surface area contributed by atoms with Crippen LogP contribution >= 0.6 is 19.2 Å². The second-order valence-electron chi connectivity index (χ2n) is 8.90. The number of nitrogens with one attached hydrogen (secondary N) is 1. The summed E-state index contributed by atoms with van der Waals surface area (Å²) in [6.07, 6.45) is -0.0795. The molecule has 1 aliphatic carbocycles. The average Bonchev–Trinajstić information content (AvgIpc) is 3.55. The number of aliphatic hydroxyl groups excluding tert-OH is 3. The fraction of sp³-hybridized carbons (Fsp3) is 0.667. The first kappa shape index (κ1) is 27.2. The van der Waals surface area contributed by atoms with Crippen molar-refractivity contribution in [1.82, 2.24) is 19.7 Å². The molecule has 2 aliphatic rings. The monoisotopic (exact) mass is 545 g/mol. The molecule has 0 spiro atoms. The number of fused-ring (bicyclic) bond motifs is 1. The minimum Gasteiger partial charge on any atom is -0.393 e. The molecule has 0 amide bonds. The molecule has 6 N–H and O–H groups in total. The number of anilines is 1. The molecule has 198 valence electrons. The van der Waals surface area contributed by atoms with Gasteiger partial charge in [0.25, 0.3) is 0 Å². The van der Waals surface area contributed by atoms with Crippen LogP contribution in [-0.4, -0.2) is 87.8 Å². The van der Waals surface area contributed by atoms with Gasteiger partial charge in [0.2, 0.25) is 10.6 Å². The highest BCUT2D eigenvalue weighted by Crippen LogP contribution is 2.53. The molecule has 0 radical (unpaired) electrons. The van der Waals surface area contributed by atoms with Crippen molar-refractivity contribution in [1.29, 1.82) is 0 Å². The van der Waals surface area contributed by atoms with E-state index in [1.807, 2.05) is 0 Å². The van der Waals surface area contributed by atoms with E-state index in [1.54, 1.807) is 0 Å². The number of aromatic nitrogens is 4. The van der Waals surface area contributed by atoms with E-state index in [4.69, 9.17) is 21.1 Å². The van der Waals surface area contributed by atoms with Crippen LogP contribution in [0.5, 0.6) is 0 Å². The number of nitrogens with zero attached hydrogens (tertiary/aromatic N) is 4. The van der Waals surface area contributed by atoms with E-state index in [2.05, 4.69) is 32.2 Å². The Hall–Kier alpha value is -1.85. The van der Waals surface area contributed by atoms with E-state index < -0.39 is 57.1 Å². The highest BCUT2D eigenvalue weighted by molar-refractivity contribution is 7.53. The second kappa shape index (κ2) is 10.9. The Balaban J connectivity index is 1.56. The first-order chi connectivity index (χ1) is 17.1. The average molecular weight is 546 g/mol. The van der Waals surface area contributed by atoms with Crippen LogP contribution in [-0.2, 0) is 14.0 Å². The minimum atomic E-state index is -4.98. The van der Waals surface area contributed by atoms with E-state index in [0.29, 0.717) is 11.2 Å². The lowest BCUT2D eigenvalue weighted by Crippen LogP contribution is -2.41. The molecule has 2 aromatic heterocycles. The molecule has 5 atom stereocenters. The highest BCUT2D eigenvalue weighted by atomic mass is 35.5. The molecule has 2 fully saturated rings. The maximum atomic E-state index is 12.1. The minimum absolute atomic E-state index is 0.0379. The molecule has 0 bridgehead atoms. The third-order valence-corrected chi connectivity index (χ3v) is 8.20. The van der Waals surface area contributed by atoms with Gasteiger partial charge in [-0.1, -0.05) is 18.8 Å². The van der Waals surface area contributed by atoms with Crippen molar-refractivity contribution in [2.24, 2.45) is 0 Å². The molecule has 1 saturated heterocycles. The van der Waals surface area contributed by atoms with Gasteiger partial charge in [-0.15, -0.1) is 5.92 Å². The molecule has 0 unspecified atom stereocenters. The molecular weight excluding hydrogens is 517 g/mol. The number of hydrogen-bond acceptors (Lipinski definition) is 10. The summed E-state index contributed by atoms with van der Waals surface area (Å²) in [5.74, 6) is 5.51. The molecule has 2 aromatic rings. The summed E-state index contributed by atoms with van der Waals surface area (Å²) < 4.78 is 24.5. The van der Waals surface area contributed by atoms with Crippen molar-refractivity contribution >= 4 is 36.0 Å². The number of aliphatic hydroxyl groups is 3. The summed E-state index contributed by atoms with van der Waals surface area (Å²) in [5.41, 5.74) is 0.270. The van der Waals surface area contributed by atoms with Crippen LogP contribution in [0.1, 0.15) is 45.3 Å². The van der Waals surface area contributed by atoms with E-state index in [1.165, 1.54) is 17.8 Å². The largest absolute Gasteiger partial charge is 0.393 e. The van der Waals surface area contributed by atoms with Crippen LogP contribution in [0.3, 0.4) is 0 Å². The SMILES string of the molecule is CC#CC[C@@](CO)(OC[C@H]1O[C@@H](n2ncc3c(NC4CCCC4)nc(Cl)nc32)[C@H](O)[C@@H]1O)P(=O)(O)O. The summed E-state index contributed by atoms with van der Waals surface area (Å²) >= 11 is 6.15. The third-order valence-electron chi connectivity index (χ3n) is 6.54. The standard InChI is InChI=1S/C21H29ClN5O8P/c1-2-3-8-21(11-28,36(31,32)33)34-10-14-15(29)16(30)19(35-14)27-18-13(9-23-27)17(25-20(22)26-18)24-12-6-4-5-7-12/h9,12,14-16,19,28-30H,4-8,10-11H2,1H3,(H,24,25,26)(H2,31,32,33)/t14-,15-,16-,19-,21-/m1/s1. The predicted octanol–water partition coefficient (Wildman–Crippen LogP) is 0.750. The summed E-state index contributed by atoms with van der Waals surface area (Å²) in [7, 11) is -4.98.